The molecule has 8 nitrogen and oxygen atoms in total. The van der Waals surface area contributed by atoms with E-state index >= 15 is 0 Å². The van der Waals surface area contributed by atoms with Crippen LogP contribution in [0.2, 0.25) is 0 Å². The molecule has 1 atom stereocenters. The van der Waals surface area contributed by atoms with E-state index in [1.165, 1.54) is 18.4 Å². The Kier molecular flexibility index (Phi) is 6.22. The van der Waals surface area contributed by atoms with E-state index in [1.807, 2.05) is 0 Å². The highest BCUT2D eigenvalue weighted by Gasteiger charge is 2.17. The van der Waals surface area contributed by atoms with E-state index in [0.29, 0.717) is 12.4 Å². The zero-order valence-electron chi connectivity index (χ0n) is 14.5. The number of amides is 2. The number of nitrogens with one attached hydrogen (secondary N) is 1. The molecule has 2 heterocycles. The van der Waals surface area contributed by atoms with E-state index in [1.54, 1.807) is 24.3 Å². The molecular formula is C19H19NO7. The average molecular weight is 373 g/mol. The van der Waals surface area contributed by atoms with E-state index in [4.69, 9.17) is 18.6 Å². The summed E-state index contributed by atoms with van der Waals surface area (Å²) < 4.78 is 20.8. The summed E-state index contributed by atoms with van der Waals surface area (Å²) in [6.07, 6.45) is 3.44. The summed E-state index contributed by atoms with van der Waals surface area (Å²) in [6, 6.07) is 9.31. The molecule has 0 aliphatic carbocycles. The van der Waals surface area contributed by atoms with E-state index in [0.717, 1.165) is 19.4 Å². The topological polar surface area (TPSA) is 104 Å². The Balaban J connectivity index is 1.42. The molecular weight excluding hydrogens is 354 g/mol. The summed E-state index contributed by atoms with van der Waals surface area (Å²) in [5.41, 5.74) is 0.268. The van der Waals surface area contributed by atoms with Crippen molar-refractivity contribution in [3.8, 4) is 5.75 Å². The van der Waals surface area contributed by atoms with Crippen molar-refractivity contribution in [1.82, 2.24) is 5.32 Å². The molecule has 142 valence electrons. The van der Waals surface area contributed by atoms with Crippen molar-refractivity contribution in [1.29, 1.82) is 0 Å². The first-order valence-electron chi connectivity index (χ1n) is 8.51. The highest BCUT2D eigenvalue weighted by molar-refractivity contribution is 6.04. The second kappa shape index (κ2) is 9.00. The molecule has 0 saturated carbocycles. The number of ether oxygens (including phenoxy) is 3. The second-order valence-corrected chi connectivity index (χ2v) is 5.90. The van der Waals surface area contributed by atoms with Crippen molar-refractivity contribution >= 4 is 17.8 Å². The zero-order valence-corrected chi connectivity index (χ0v) is 14.5. The van der Waals surface area contributed by atoms with Gasteiger partial charge in [-0.3, -0.25) is 14.9 Å². The maximum absolute atomic E-state index is 12.0. The number of benzene rings is 1. The zero-order chi connectivity index (χ0) is 19.1. The Morgan fingerprint density at radius 1 is 1.15 bits per heavy atom. The lowest BCUT2D eigenvalue weighted by atomic mass is 10.2. The van der Waals surface area contributed by atoms with Crippen molar-refractivity contribution in [2.24, 2.45) is 0 Å². The van der Waals surface area contributed by atoms with Crippen LogP contribution in [0.25, 0.3) is 0 Å². The number of imide groups is 1. The van der Waals surface area contributed by atoms with Crippen LogP contribution in [0.5, 0.6) is 5.75 Å². The van der Waals surface area contributed by atoms with Crippen LogP contribution in [0, 0.1) is 0 Å². The van der Waals surface area contributed by atoms with Gasteiger partial charge in [0.05, 0.1) is 17.9 Å². The van der Waals surface area contributed by atoms with Gasteiger partial charge in [-0.15, -0.1) is 0 Å². The summed E-state index contributed by atoms with van der Waals surface area (Å²) in [6.45, 7) is 0.649. The van der Waals surface area contributed by atoms with Crippen molar-refractivity contribution in [3.63, 3.8) is 0 Å². The molecule has 8 heteroatoms. The van der Waals surface area contributed by atoms with Gasteiger partial charge in [-0.1, -0.05) is 0 Å². The lowest BCUT2D eigenvalue weighted by Gasteiger charge is -2.11. The third kappa shape index (κ3) is 5.42. The highest BCUT2D eigenvalue weighted by Crippen LogP contribution is 2.17. The minimum atomic E-state index is -0.749. The normalized spacial score (nSPS) is 15.9. The fourth-order valence-corrected chi connectivity index (χ4v) is 2.50. The van der Waals surface area contributed by atoms with Gasteiger partial charge in [0.15, 0.2) is 12.4 Å². The molecule has 2 aromatic rings. The predicted molar refractivity (Wildman–Crippen MR) is 92.4 cm³/mol. The average Bonchev–Trinajstić information content (AvgIpc) is 3.38. The van der Waals surface area contributed by atoms with Gasteiger partial charge in [-0.25, -0.2) is 4.79 Å². The van der Waals surface area contributed by atoms with Crippen molar-refractivity contribution in [2.75, 3.05) is 19.8 Å². The molecule has 0 bridgehead atoms. The SMILES string of the molecule is O=C(COC(=O)c1ccc(OCC2CCCO2)cc1)NC(=O)c1ccco1. The molecule has 1 saturated heterocycles. The Hall–Kier alpha value is -3.13. The van der Waals surface area contributed by atoms with Crippen LogP contribution < -0.4 is 10.1 Å². The molecule has 0 spiro atoms. The summed E-state index contributed by atoms with van der Waals surface area (Å²) in [5.74, 6) is -1.52. The van der Waals surface area contributed by atoms with Crippen LogP contribution >= 0.6 is 0 Å². The van der Waals surface area contributed by atoms with Crippen molar-refractivity contribution in [3.05, 3.63) is 54.0 Å². The summed E-state index contributed by atoms with van der Waals surface area (Å²) in [7, 11) is 0. The van der Waals surface area contributed by atoms with Crippen LogP contribution in [0.1, 0.15) is 33.8 Å². The van der Waals surface area contributed by atoms with Gasteiger partial charge < -0.3 is 18.6 Å². The number of rotatable bonds is 7. The quantitative estimate of drug-likeness (QED) is 0.740. The highest BCUT2D eigenvalue weighted by atomic mass is 16.5. The van der Waals surface area contributed by atoms with Crippen LogP contribution in [0.15, 0.2) is 47.1 Å². The first kappa shape index (κ1) is 18.7. The molecule has 27 heavy (non-hydrogen) atoms. The Bertz CT molecular complexity index is 777. The molecule has 1 aromatic carbocycles. The number of furan rings is 1. The first-order chi connectivity index (χ1) is 13.1. The van der Waals surface area contributed by atoms with Gasteiger partial charge in [-0.2, -0.15) is 0 Å². The maximum Gasteiger partial charge on any atom is 0.338 e. The van der Waals surface area contributed by atoms with E-state index in [2.05, 4.69) is 5.32 Å². The molecule has 1 unspecified atom stereocenters. The van der Waals surface area contributed by atoms with Gasteiger partial charge in [0.25, 0.3) is 11.8 Å². The van der Waals surface area contributed by atoms with Crippen LogP contribution in [-0.4, -0.2) is 43.7 Å². The Morgan fingerprint density at radius 2 is 1.96 bits per heavy atom. The minimum Gasteiger partial charge on any atom is -0.491 e. The summed E-state index contributed by atoms with van der Waals surface area (Å²) in [5, 5.41) is 2.06. The number of carbonyl (C=O) groups excluding carboxylic acids is 3. The van der Waals surface area contributed by atoms with Gasteiger partial charge in [0, 0.05) is 6.61 Å². The molecule has 0 radical (unpaired) electrons. The fourth-order valence-electron chi connectivity index (χ4n) is 2.50. The fraction of sp³-hybridized carbons (Fsp3) is 0.316. The number of carbonyl (C=O) groups is 3. The Labute approximate surface area is 155 Å². The van der Waals surface area contributed by atoms with E-state index in [9.17, 15) is 14.4 Å². The van der Waals surface area contributed by atoms with Crippen LogP contribution in [0.4, 0.5) is 0 Å². The molecule has 1 aliphatic heterocycles. The molecule has 1 aromatic heterocycles. The third-order valence-corrected chi connectivity index (χ3v) is 3.88. The lowest BCUT2D eigenvalue weighted by Crippen LogP contribution is -2.33. The lowest BCUT2D eigenvalue weighted by molar-refractivity contribution is -0.123. The van der Waals surface area contributed by atoms with E-state index in [-0.39, 0.29) is 17.4 Å². The minimum absolute atomic E-state index is 0.00623. The molecule has 2 amide bonds. The number of hydrogen-bond acceptors (Lipinski definition) is 7. The largest absolute Gasteiger partial charge is 0.491 e. The van der Waals surface area contributed by atoms with Crippen molar-refractivity contribution < 1.29 is 33.0 Å². The molecule has 3 rings (SSSR count). The smallest absolute Gasteiger partial charge is 0.338 e. The number of hydrogen-bond donors (Lipinski definition) is 1. The van der Waals surface area contributed by atoms with Gasteiger partial charge >= 0.3 is 5.97 Å². The van der Waals surface area contributed by atoms with E-state index < -0.39 is 24.4 Å². The van der Waals surface area contributed by atoms with Crippen LogP contribution in [0.3, 0.4) is 0 Å². The van der Waals surface area contributed by atoms with Crippen molar-refractivity contribution in [2.45, 2.75) is 18.9 Å². The second-order valence-electron chi connectivity index (χ2n) is 5.90. The standard InChI is InChI=1S/C19H19NO7/c21-17(20-18(22)16-4-2-10-25-16)12-27-19(23)13-5-7-14(8-6-13)26-11-15-3-1-9-24-15/h2,4-8,10,15H,1,3,9,11-12H2,(H,20,21,22). The van der Waals surface area contributed by atoms with Crippen LogP contribution in [-0.2, 0) is 14.3 Å². The first-order valence-corrected chi connectivity index (χ1v) is 8.51. The van der Waals surface area contributed by atoms with Gasteiger partial charge in [-0.05, 0) is 49.2 Å². The summed E-state index contributed by atoms with van der Waals surface area (Å²) in [4.78, 5) is 35.3. The molecule has 1 fully saturated rings. The third-order valence-electron chi connectivity index (χ3n) is 3.88. The number of esters is 1. The van der Waals surface area contributed by atoms with Gasteiger partial charge in [0.2, 0.25) is 0 Å². The Morgan fingerprint density at radius 3 is 2.63 bits per heavy atom. The summed E-state index contributed by atoms with van der Waals surface area (Å²) >= 11 is 0. The monoisotopic (exact) mass is 373 g/mol. The molecule has 1 aliphatic rings. The molecule has 1 N–H and O–H groups in total. The maximum atomic E-state index is 12.0. The van der Waals surface area contributed by atoms with Gasteiger partial charge in [0.1, 0.15) is 12.4 Å². The predicted octanol–water partition coefficient (Wildman–Crippen LogP) is 1.95.